The number of carbonyl (C=O) groups excluding carboxylic acids is 2. The molecular weight excluding hydrogens is 376 g/mol. The number of hydrogen-bond acceptors (Lipinski definition) is 7. The SMILES string of the molecule is COc1cc(/C=N\NC(=O)OC(C)(C)C)ccc1OC(=O)c1ccccc1OC. The van der Waals surface area contributed by atoms with E-state index in [0.717, 1.165) is 0 Å². The minimum atomic E-state index is -0.664. The molecule has 29 heavy (non-hydrogen) atoms. The topological polar surface area (TPSA) is 95.5 Å². The van der Waals surface area contributed by atoms with Crippen molar-refractivity contribution in [1.29, 1.82) is 0 Å². The molecule has 0 unspecified atom stereocenters. The molecule has 0 atom stereocenters. The van der Waals surface area contributed by atoms with Crippen LogP contribution in [-0.2, 0) is 4.74 Å². The van der Waals surface area contributed by atoms with Gasteiger partial charge in [0.05, 0.1) is 20.4 Å². The van der Waals surface area contributed by atoms with Gasteiger partial charge in [-0.3, -0.25) is 0 Å². The Labute approximate surface area is 169 Å². The van der Waals surface area contributed by atoms with Crippen molar-refractivity contribution in [3.63, 3.8) is 0 Å². The van der Waals surface area contributed by atoms with E-state index >= 15 is 0 Å². The Hall–Kier alpha value is -3.55. The van der Waals surface area contributed by atoms with Crippen LogP contribution >= 0.6 is 0 Å². The Kier molecular flexibility index (Phi) is 7.19. The van der Waals surface area contributed by atoms with Crippen LogP contribution in [0.5, 0.6) is 17.2 Å². The number of hydrazone groups is 1. The highest BCUT2D eigenvalue weighted by atomic mass is 16.6. The summed E-state index contributed by atoms with van der Waals surface area (Å²) in [5.41, 5.74) is 2.58. The minimum absolute atomic E-state index is 0.237. The summed E-state index contributed by atoms with van der Waals surface area (Å²) in [6.45, 7) is 5.27. The summed E-state index contributed by atoms with van der Waals surface area (Å²) in [5, 5.41) is 3.83. The van der Waals surface area contributed by atoms with Gasteiger partial charge in [0, 0.05) is 0 Å². The Balaban J connectivity index is 2.09. The standard InChI is InChI=1S/C21H24N2O6/c1-21(2,3)29-20(25)23-22-13-14-10-11-17(18(12-14)27-5)28-19(24)15-8-6-7-9-16(15)26-4/h6-13H,1-5H3,(H,23,25)/b22-13-. The van der Waals surface area contributed by atoms with Gasteiger partial charge in [-0.05, 0) is 56.7 Å². The summed E-state index contributed by atoms with van der Waals surface area (Å²) in [6.07, 6.45) is 0.751. The number of carbonyl (C=O) groups is 2. The minimum Gasteiger partial charge on any atom is -0.496 e. The third-order valence-electron chi connectivity index (χ3n) is 3.49. The molecule has 0 aliphatic carbocycles. The van der Waals surface area contributed by atoms with Gasteiger partial charge < -0.3 is 18.9 Å². The molecule has 1 amide bonds. The zero-order valence-electron chi connectivity index (χ0n) is 17.0. The fourth-order valence-corrected chi connectivity index (χ4v) is 2.28. The van der Waals surface area contributed by atoms with Gasteiger partial charge in [0.25, 0.3) is 0 Å². The molecule has 2 aromatic carbocycles. The van der Waals surface area contributed by atoms with Crippen molar-refractivity contribution in [1.82, 2.24) is 5.43 Å². The molecule has 2 aromatic rings. The highest BCUT2D eigenvalue weighted by Crippen LogP contribution is 2.29. The van der Waals surface area contributed by atoms with E-state index in [1.54, 1.807) is 63.2 Å². The van der Waals surface area contributed by atoms with Crippen molar-refractivity contribution in [2.75, 3.05) is 14.2 Å². The number of amides is 1. The second-order valence-corrected chi connectivity index (χ2v) is 6.87. The van der Waals surface area contributed by atoms with Crippen molar-refractivity contribution in [2.45, 2.75) is 26.4 Å². The molecule has 2 rings (SSSR count). The van der Waals surface area contributed by atoms with Crippen molar-refractivity contribution in [3.05, 3.63) is 53.6 Å². The Morgan fingerprint density at radius 1 is 0.966 bits per heavy atom. The van der Waals surface area contributed by atoms with Crippen LogP contribution < -0.4 is 19.6 Å². The quantitative estimate of drug-likeness (QED) is 0.343. The van der Waals surface area contributed by atoms with Crippen molar-refractivity contribution in [2.24, 2.45) is 5.10 Å². The molecule has 0 radical (unpaired) electrons. The predicted octanol–water partition coefficient (Wildman–Crippen LogP) is 3.78. The van der Waals surface area contributed by atoms with Gasteiger partial charge >= 0.3 is 12.1 Å². The maximum absolute atomic E-state index is 12.5. The fraction of sp³-hybridized carbons (Fsp3) is 0.286. The average Bonchev–Trinajstić information content (AvgIpc) is 2.67. The van der Waals surface area contributed by atoms with Gasteiger partial charge in [0.2, 0.25) is 0 Å². The van der Waals surface area contributed by atoms with E-state index < -0.39 is 17.7 Å². The van der Waals surface area contributed by atoms with E-state index in [1.165, 1.54) is 20.4 Å². The summed E-state index contributed by atoms with van der Waals surface area (Å²) in [7, 11) is 2.93. The molecule has 0 aliphatic rings. The maximum atomic E-state index is 12.5. The van der Waals surface area contributed by atoms with Crippen LogP contribution in [0.15, 0.2) is 47.6 Å². The fourth-order valence-electron chi connectivity index (χ4n) is 2.28. The molecule has 0 heterocycles. The monoisotopic (exact) mass is 400 g/mol. The van der Waals surface area contributed by atoms with E-state index in [9.17, 15) is 9.59 Å². The Bertz CT molecular complexity index is 902. The van der Waals surface area contributed by atoms with Gasteiger partial charge in [-0.15, -0.1) is 0 Å². The summed E-state index contributed by atoms with van der Waals surface area (Å²) in [4.78, 5) is 24.1. The Morgan fingerprint density at radius 2 is 1.66 bits per heavy atom. The van der Waals surface area contributed by atoms with Crippen LogP contribution in [0.4, 0.5) is 4.79 Å². The zero-order valence-corrected chi connectivity index (χ0v) is 17.0. The van der Waals surface area contributed by atoms with Crippen LogP contribution in [0.1, 0.15) is 36.7 Å². The van der Waals surface area contributed by atoms with Crippen LogP contribution in [0.2, 0.25) is 0 Å². The molecule has 0 fully saturated rings. The van der Waals surface area contributed by atoms with Gasteiger partial charge in [0.15, 0.2) is 11.5 Å². The van der Waals surface area contributed by atoms with Gasteiger partial charge in [0.1, 0.15) is 16.9 Å². The number of nitrogens with one attached hydrogen (secondary N) is 1. The summed E-state index contributed by atoms with van der Waals surface area (Å²) in [6, 6.07) is 11.6. The number of benzene rings is 2. The molecule has 8 heteroatoms. The first-order valence-electron chi connectivity index (χ1n) is 8.79. The molecular formula is C21H24N2O6. The summed E-state index contributed by atoms with van der Waals surface area (Å²) in [5.74, 6) is 0.400. The highest BCUT2D eigenvalue weighted by Gasteiger charge is 2.17. The average molecular weight is 400 g/mol. The molecule has 0 bridgehead atoms. The Morgan fingerprint density at radius 3 is 2.31 bits per heavy atom. The molecule has 0 spiro atoms. The molecule has 0 aliphatic heterocycles. The predicted molar refractivity (Wildman–Crippen MR) is 108 cm³/mol. The lowest BCUT2D eigenvalue weighted by atomic mass is 10.2. The lowest BCUT2D eigenvalue weighted by molar-refractivity contribution is 0.0529. The third kappa shape index (κ3) is 6.53. The normalized spacial score (nSPS) is 11.1. The zero-order chi connectivity index (χ0) is 21.4. The number of rotatable bonds is 6. The lowest BCUT2D eigenvalue weighted by Crippen LogP contribution is -2.29. The first-order valence-corrected chi connectivity index (χ1v) is 8.79. The molecule has 0 aromatic heterocycles. The largest absolute Gasteiger partial charge is 0.496 e. The van der Waals surface area contributed by atoms with Gasteiger partial charge in [-0.25, -0.2) is 15.0 Å². The lowest BCUT2D eigenvalue weighted by Gasteiger charge is -2.18. The summed E-state index contributed by atoms with van der Waals surface area (Å²) >= 11 is 0. The van der Waals surface area contributed by atoms with Gasteiger partial charge in [-0.1, -0.05) is 12.1 Å². The van der Waals surface area contributed by atoms with Crippen molar-refractivity contribution >= 4 is 18.3 Å². The maximum Gasteiger partial charge on any atom is 0.428 e. The van der Waals surface area contributed by atoms with Crippen LogP contribution in [0, 0.1) is 0 Å². The van der Waals surface area contributed by atoms with E-state index in [-0.39, 0.29) is 5.75 Å². The first-order chi connectivity index (χ1) is 13.7. The molecule has 0 saturated carbocycles. The van der Waals surface area contributed by atoms with E-state index in [4.69, 9.17) is 18.9 Å². The van der Waals surface area contributed by atoms with E-state index in [0.29, 0.717) is 22.6 Å². The number of para-hydroxylation sites is 1. The second-order valence-electron chi connectivity index (χ2n) is 6.87. The number of ether oxygens (including phenoxy) is 4. The highest BCUT2D eigenvalue weighted by molar-refractivity contribution is 5.94. The van der Waals surface area contributed by atoms with Crippen molar-refractivity contribution in [3.8, 4) is 17.2 Å². The van der Waals surface area contributed by atoms with Crippen LogP contribution in [0.3, 0.4) is 0 Å². The van der Waals surface area contributed by atoms with E-state index in [1.807, 2.05) is 0 Å². The van der Waals surface area contributed by atoms with Crippen LogP contribution in [0.25, 0.3) is 0 Å². The summed E-state index contributed by atoms with van der Waals surface area (Å²) < 4.78 is 21.0. The first kappa shape index (κ1) is 21.7. The van der Waals surface area contributed by atoms with E-state index in [2.05, 4.69) is 10.5 Å². The number of methoxy groups -OCH3 is 2. The van der Waals surface area contributed by atoms with Gasteiger partial charge in [-0.2, -0.15) is 5.10 Å². The molecule has 8 nitrogen and oxygen atoms in total. The molecule has 0 saturated heterocycles. The van der Waals surface area contributed by atoms with Crippen LogP contribution in [-0.4, -0.2) is 38.1 Å². The number of nitrogens with zero attached hydrogens (tertiary/aromatic N) is 1. The molecule has 1 N–H and O–H groups in total. The second kappa shape index (κ2) is 9.59. The smallest absolute Gasteiger partial charge is 0.428 e. The van der Waals surface area contributed by atoms with Crippen molar-refractivity contribution < 1.29 is 28.5 Å². The molecule has 154 valence electrons. The number of hydrogen-bond donors (Lipinski definition) is 1. The third-order valence-corrected chi connectivity index (χ3v) is 3.49. The number of esters is 1.